The molecule has 0 fully saturated rings. The van der Waals surface area contributed by atoms with Crippen LogP contribution in [0.5, 0.6) is 0 Å². The van der Waals surface area contributed by atoms with Crippen LogP contribution in [0.3, 0.4) is 0 Å². The summed E-state index contributed by atoms with van der Waals surface area (Å²) in [5.74, 6) is -0.596. The molecule has 0 radical (unpaired) electrons. The minimum atomic E-state index is -0.596. The zero-order chi connectivity index (χ0) is 15.1. The maximum Gasteiger partial charge on any atom is 0.340 e. The summed E-state index contributed by atoms with van der Waals surface area (Å²) >= 11 is 0. The molecule has 0 saturated carbocycles. The quantitative estimate of drug-likeness (QED) is 0.518. The number of methoxy groups -OCH3 is 1. The van der Waals surface area contributed by atoms with Crippen LogP contribution in [0.2, 0.25) is 0 Å². The highest BCUT2D eigenvalue weighted by atomic mass is 16.6. The van der Waals surface area contributed by atoms with E-state index in [4.69, 9.17) is 4.74 Å². The van der Waals surface area contributed by atoms with Crippen LogP contribution in [0, 0.1) is 10.1 Å². The minimum absolute atomic E-state index is 0.127. The van der Waals surface area contributed by atoms with Gasteiger partial charge in [-0.3, -0.25) is 10.1 Å². The summed E-state index contributed by atoms with van der Waals surface area (Å²) < 4.78 is 4.69. The molecule has 1 heterocycles. The fourth-order valence-corrected chi connectivity index (χ4v) is 2.01. The third-order valence-corrected chi connectivity index (χ3v) is 3.14. The summed E-state index contributed by atoms with van der Waals surface area (Å²) in [4.78, 5) is 25.4. The molecule has 0 atom stereocenters. The smallest absolute Gasteiger partial charge is 0.340 e. The number of carbonyl (C=O) groups excluding carboxylic acids is 1. The van der Waals surface area contributed by atoms with E-state index in [1.54, 1.807) is 0 Å². The molecule has 2 rings (SSSR count). The lowest BCUT2D eigenvalue weighted by atomic mass is 9.92. The Morgan fingerprint density at radius 3 is 2.45 bits per heavy atom. The molecular formula is C14H16N2O4. The van der Waals surface area contributed by atoms with Gasteiger partial charge in [0.2, 0.25) is 0 Å². The van der Waals surface area contributed by atoms with Gasteiger partial charge in [0.25, 0.3) is 5.69 Å². The molecule has 0 aliphatic carbocycles. The number of carbonyl (C=O) groups is 1. The first-order valence-corrected chi connectivity index (χ1v) is 6.14. The number of nitrogens with zero attached hydrogens (tertiary/aromatic N) is 1. The minimum Gasteiger partial charge on any atom is -0.465 e. The van der Waals surface area contributed by atoms with Crippen molar-refractivity contribution in [3.63, 3.8) is 0 Å². The van der Waals surface area contributed by atoms with Gasteiger partial charge in [-0.05, 0) is 6.07 Å². The maximum absolute atomic E-state index is 11.8. The SMILES string of the molecule is COC(=O)c1cc([N+](=O)[O-])cc2cc(C(C)(C)C)[nH]c12. The van der Waals surface area contributed by atoms with Gasteiger partial charge in [-0.2, -0.15) is 0 Å². The van der Waals surface area contributed by atoms with Gasteiger partial charge < -0.3 is 9.72 Å². The summed E-state index contributed by atoms with van der Waals surface area (Å²) in [7, 11) is 1.25. The lowest BCUT2D eigenvalue weighted by Crippen LogP contribution is -2.11. The van der Waals surface area contributed by atoms with Crippen molar-refractivity contribution in [2.45, 2.75) is 26.2 Å². The van der Waals surface area contributed by atoms with Gasteiger partial charge in [-0.25, -0.2) is 4.79 Å². The van der Waals surface area contributed by atoms with Crippen LogP contribution < -0.4 is 0 Å². The Labute approximate surface area is 115 Å². The molecule has 0 aliphatic heterocycles. The number of nitro benzene ring substituents is 1. The van der Waals surface area contributed by atoms with Crippen molar-refractivity contribution < 1.29 is 14.5 Å². The molecule has 2 aromatic rings. The number of ether oxygens (including phenoxy) is 1. The number of hydrogen-bond acceptors (Lipinski definition) is 4. The molecule has 0 spiro atoms. The number of nitro groups is 1. The Hall–Kier alpha value is -2.37. The third-order valence-electron chi connectivity index (χ3n) is 3.14. The summed E-state index contributed by atoms with van der Waals surface area (Å²) in [6, 6.07) is 4.51. The van der Waals surface area contributed by atoms with E-state index in [1.807, 2.05) is 26.8 Å². The Balaban J connectivity index is 2.77. The largest absolute Gasteiger partial charge is 0.465 e. The van der Waals surface area contributed by atoms with Crippen molar-refractivity contribution in [2.24, 2.45) is 0 Å². The molecule has 1 aromatic heterocycles. The summed E-state index contributed by atoms with van der Waals surface area (Å²) in [5.41, 5.74) is 1.36. The number of H-pyrrole nitrogens is 1. The highest BCUT2D eigenvalue weighted by molar-refractivity contribution is 6.04. The molecule has 1 N–H and O–H groups in total. The van der Waals surface area contributed by atoms with E-state index in [1.165, 1.54) is 19.2 Å². The fraction of sp³-hybridized carbons (Fsp3) is 0.357. The van der Waals surface area contributed by atoms with E-state index in [0.29, 0.717) is 10.9 Å². The van der Waals surface area contributed by atoms with Gasteiger partial charge >= 0.3 is 5.97 Å². The molecule has 0 saturated heterocycles. The molecule has 1 aromatic carbocycles. The second kappa shape index (κ2) is 4.63. The predicted molar refractivity (Wildman–Crippen MR) is 75.0 cm³/mol. The third kappa shape index (κ3) is 2.36. The molecule has 0 aliphatic rings. The molecule has 0 amide bonds. The number of benzene rings is 1. The van der Waals surface area contributed by atoms with Crippen LogP contribution in [-0.4, -0.2) is 23.0 Å². The lowest BCUT2D eigenvalue weighted by molar-refractivity contribution is -0.384. The molecule has 0 bridgehead atoms. The van der Waals surface area contributed by atoms with Gasteiger partial charge in [0.15, 0.2) is 0 Å². The number of nitrogens with one attached hydrogen (secondary N) is 1. The second-order valence-electron chi connectivity index (χ2n) is 5.64. The number of hydrogen-bond donors (Lipinski definition) is 1. The maximum atomic E-state index is 11.8. The number of aromatic amines is 1. The number of aromatic nitrogens is 1. The van der Waals surface area contributed by atoms with E-state index < -0.39 is 10.9 Å². The topological polar surface area (TPSA) is 85.2 Å². The van der Waals surface area contributed by atoms with Crippen LogP contribution in [-0.2, 0) is 10.2 Å². The first-order chi connectivity index (χ1) is 9.24. The van der Waals surface area contributed by atoms with Crippen molar-refractivity contribution in [2.75, 3.05) is 7.11 Å². The normalized spacial score (nSPS) is 11.6. The number of rotatable bonds is 2. The van der Waals surface area contributed by atoms with Gasteiger partial charge in [0.05, 0.1) is 23.1 Å². The molecule has 0 unspecified atom stereocenters. The van der Waals surface area contributed by atoms with Crippen molar-refractivity contribution >= 4 is 22.6 Å². The van der Waals surface area contributed by atoms with Crippen molar-refractivity contribution in [3.8, 4) is 0 Å². The van der Waals surface area contributed by atoms with E-state index in [9.17, 15) is 14.9 Å². The number of esters is 1. The summed E-state index contributed by atoms with van der Waals surface area (Å²) in [5, 5.41) is 11.6. The Bertz CT molecular complexity index is 695. The zero-order valence-electron chi connectivity index (χ0n) is 11.8. The number of non-ortho nitro benzene ring substituents is 1. The van der Waals surface area contributed by atoms with Crippen LogP contribution in [0.15, 0.2) is 18.2 Å². The molecule has 106 valence electrons. The van der Waals surface area contributed by atoms with E-state index in [2.05, 4.69) is 4.98 Å². The van der Waals surface area contributed by atoms with Gasteiger partial charge in [0, 0.05) is 28.6 Å². The summed E-state index contributed by atoms with van der Waals surface area (Å²) in [6.45, 7) is 6.05. The number of fused-ring (bicyclic) bond motifs is 1. The Morgan fingerprint density at radius 1 is 1.30 bits per heavy atom. The molecule has 6 nitrogen and oxygen atoms in total. The highest BCUT2D eigenvalue weighted by Gasteiger charge is 2.22. The zero-order valence-corrected chi connectivity index (χ0v) is 11.8. The highest BCUT2D eigenvalue weighted by Crippen LogP contribution is 2.30. The fourth-order valence-electron chi connectivity index (χ4n) is 2.01. The average Bonchev–Trinajstić information content (AvgIpc) is 2.80. The first-order valence-electron chi connectivity index (χ1n) is 6.14. The van der Waals surface area contributed by atoms with Gasteiger partial charge in [-0.15, -0.1) is 0 Å². The second-order valence-corrected chi connectivity index (χ2v) is 5.64. The van der Waals surface area contributed by atoms with Crippen molar-refractivity contribution in [3.05, 3.63) is 39.6 Å². The van der Waals surface area contributed by atoms with Gasteiger partial charge in [0.1, 0.15) is 0 Å². The van der Waals surface area contributed by atoms with Crippen LogP contribution in [0.4, 0.5) is 5.69 Å². The van der Waals surface area contributed by atoms with Crippen molar-refractivity contribution in [1.82, 2.24) is 4.98 Å². The van der Waals surface area contributed by atoms with E-state index in [-0.39, 0.29) is 16.7 Å². The monoisotopic (exact) mass is 276 g/mol. The van der Waals surface area contributed by atoms with Crippen LogP contribution in [0.1, 0.15) is 36.8 Å². The van der Waals surface area contributed by atoms with Gasteiger partial charge in [-0.1, -0.05) is 20.8 Å². The predicted octanol–water partition coefficient (Wildman–Crippen LogP) is 3.16. The average molecular weight is 276 g/mol. The Morgan fingerprint density at radius 2 is 1.95 bits per heavy atom. The molecular weight excluding hydrogens is 260 g/mol. The van der Waals surface area contributed by atoms with E-state index >= 15 is 0 Å². The Kier molecular flexibility index (Phi) is 3.25. The summed E-state index contributed by atoms with van der Waals surface area (Å²) in [6.07, 6.45) is 0. The lowest BCUT2D eigenvalue weighted by Gasteiger charge is -2.15. The standard InChI is InChI=1S/C14H16N2O4/c1-14(2,3)11-6-8-5-9(16(18)19)7-10(12(8)15-11)13(17)20-4/h5-7,15H,1-4H3. The van der Waals surface area contributed by atoms with Crippen LogP contribution >= 0.6 is 0 Å². The van der Waals surface area contributed by atoms with E-state index in [0.717, 1.165) is 5.69 Å². The molecule has 6 heteroatoms. The van der Waals surface area contributed by atoms with Crippen molar-refractivity contribution in [1.29, 1.82) is 0 Å². The van der Waals surface area contributed by atoms with Crippen LogP contribution in [0.25, 0.3) is 10.9 Å². The first kappa shape index (κ1) is 14.0. The molecule has 20 heavy (non-hydrogen) atoms.